The number of aromatic nitrogens is 6. The molecule has 0 saturated heterocycles. The van der Waals surface area contributed by atoms with Crippen molar-refractivity contribution in [3.05, 3.63) is 66.1 Å². The lowest BCUT2D eigenvalue weighted by atomic mass is 10.1. The minimum atomic E-state index is -0.336. The Morgan fingerprint density at radius 3 is 2.76 bits per heavy atom. The van der Waals surface area contributed by atoms with Crippen LogP contribution in [0.1, 0.15) is 29.4 Å². The molecule has 0 atom stereocenters. The van der Waals surface area contributed by atoms with E-state index in [0.717, 1.165) is 18.5 Å². The molecule has 0 saturated carbocycles. The van der Waals surface area contributed by atoms with Crippen LogP contribution in [0.15, 0.2) is 49.1 Å². The first-order chi connectivity index (χ1) is 14.0. The summed E-state index contributed by atoms with van der Waals surface area (Å²) in [7, 11) is 1.72. The first-order valence-electron chi connectivity index (χ1n) is 9.28. The van der Waals surface area contributed by atoms with Gasteiger partial charge in [-0.2, -0.15) is 19.7 Å². The van der Waals surface area contributed by atoms with E-state index in [1.165, 1.54) is 23.0 Å². The lowest BCUT2D eigenvalue weighted by Gasteiger charge is -2.17. The first-order valence-corrected chi connectivity index (χ1v) is 9.28. The highest BCUT2D eigenvalue weighted by molar-refractivity contribution is 5.93. The van der Waals surface area contributed by atoms with Crippen LogP contribution in [0.4, 0.5) is 4.39 Å². The molecule has 1 amide bonds. The predicted octanol–water partition coefficient (Wildman–Crippen LogP) is 2.81. The molecule has 0 radical (unpaired) electrons. The highest BCUT2D eigenvalue weighted by Crippen LogP contribution is 2.20. The minimum absolute atomic E-state index is 0.227. The Morgan fingerprint density at radius 1 is 1.21 bits per heavy atom. The fourth-order valence-corrected chi connectivity index (χ4v) is 3.11. The van der Waals surface area contributed by atoms with Gasteiger partial charge in [-0.3, -0.25) is 9.48 Å². The van der Waals surface area contributed by atoms with Crippen molar-refractivity contribution in [3.8, 4) is 11.3 Å². The summed E-state index contributed by atoms with van der Waals surface area (Å²) in [6.45, 7) is 3.33. The highest BCUT2D eigenvalue weighted by atomic mass is 19.1. The molecule has 0 unspecified atom stereocenters. The molecule has 3 heterocycles. The van der Waals surface area contributed by atoms with Crippen molar-refractivity contribution in [1.29, 1.82) is 0 Å². The number of aryl methyl sites for hydroxylation is 1. The van der Waals surface area contributed by atoms with Crippen molar-refractivity contribution in [2.75, 3.05) is 7.05 Å². The van der Waals surface area contributed by atoms with Gasteiger partial charge >= 0.3 is 0 Å². The van der Waals surface area contributed by atoms with E-state index in [4.69, 9.17) is 0 Å². The summed E-state index contributed by atoms with van der Waals surface area (Å²) in [4.78, 5) is 23.3. The molecule has 9 heteroatoms. The van der Waals surface area contributed by atoms with E-state index >= 15 is 0 Å². The Balaban J connectivity index is 1.65. The Kier molecular flexibility index (Phi) is 5.03. The predicted molar refractivity (Wildman–Crippen MR) is 104 cm³/mol. The average molecular weight is 393 g/mol. The molecule has 29 heavy (non-hydrogen) atoms. The molecule has 0 bridgehead atoms. The third kappa shape index (κ3) is 3.84. The molecule has 0 aliphatic carbocycles. The molecule has 0 fully saturated rings. The van der Waals surface area contributed by atoms with Gasteiger partial charge in [-0.15, -0.1) is 0 Å². The van der Waals surface area contributed by atoms with E-state index in [9.17, 15) is 9.18 Å². The topological polar surface area (TPSA) is 81.2 Å². The van der Waals surface area contributed by atoms with Crippen molar-refractivity contribution in [3.63, 3.8) is 0 Å². The summed E-state index contributed by atoms with van der Waals surface area (Å²) in [5.74, 6) is -0.259. The summed E-state index contributed by atoms with van der Waals surface area (Å²) >= 11 is 0. The number of hydrogen-bond acceptors (Lipinski definition) is 5. The number of halogens is 1. The Bertz CT molecular complexity index is 1150. The second-order valence-electron chi connectivity index (χ2n) is 6.78. The van der Waals surface area contributed by atoms with Gasteiger partial charge < -0.3 is 4.90 Å². The largest absolute Gasteiger partial charge is 0.336 e. The van der Waals surface area contributed by atoms with Crippen molar-refractivity contribution >= 4 is 11.7 Å². The van der Waals surface area contributed by atoms with Gasteiger partial charge in [-0.25, -0.2) is 9.37 Å². The van der Waals surface area contributed by atoms with E-state index in [1.807, 2.05) is 10.9 Å². The van der Waals surface area contributed by atoms with Gasteiger partial charge in [0.05, 0.1) is 11.9 Å². The lowest BCUT2D eigenvalue weighted by molar-refractivity contribution is 0.0776. The summed E-state index contributed by atoms with van der Waals surface area (Å²) in [5, 5.41) is 8.43. The molecule has 4 aromatic rings. The number of carbonyl (C=O) groups excluding carboxylic acids is 1. The van der Waals surface area contributed by atoms with Gasteiger partial charge in [0.25, 0.3) is 11.7 Å². The van der Waals surface area contributed by atoms with Gasteiger partial charge in [0.1, 0.15) is 17.8 Å². The van der Waals surface area contributed by atoms with Crippen molar-refractivity contribution in [2.24, 2.45) is 0 Å². The number of carbonyl (C=O) groups is 1. The molecule has 0 spiro atoms. The Morgan fingerprint density at radius 2 is 2.00 bits per heavy atom. The zero-order chi connectivity index (χ0) is 20.4. The molecule has 3 aromatic heterocycles. The van der Waals surface area contributed by atoms with Crippen LogP contribution in [-0.4, -0.2) is 47.2 Å². The second-order valence-corrected chi connectivity index (χ2v) is 6.78. The van der Waals surface area contributed by atoms with E-state index in [2.05, 4.69) is 27.1 Å². The molecule has 4 rings (SSSR count). The Hall–Kier alpha value is -3.62. The van der Waals surface area contributed by atoms with Crippen LogP contribution in [0, 0.1) is 5.82 Å². The van der Waals surface area contributed by atoms with Crippen LogP contribution in [0.5, 0.6) is 0 Å². The maximum absolute atomic E-state index is 13.3. The van der Waals surface area contributed by atoms with E-state index < -0.39 is 0 Å². The fourth-order valence-electron chi connectivity index (χ4n) is 3.11. The van der Waals surface area contributed by atoms with Crippen LogP contribution in [-0.2, 0) is 13.1 Å². The molecular formula is C20H20FN7O. The van der Waals surface area contributed by atoms with Gasteiger partial charge in [-0.05, 0) is 36.8 Å². The quantitative estimate of drug-likeness (QED) is 0.503. The minimum Gasteiger partial charge on any atom is -0.336 e. The smallest absolute Gasteiger partial charge is 0.272 e. The summed E-state index contributed by atoms with van der Waals surface area (Å²) in [5.41, 5.74) is 2.49. The zero-order valence-electron chi connectivity index (χ0n) is 16.2. The number of fused-ring (bicyclic) bond motifs is 1. The van der Waals surface area contributed by atoms with Crippen molar-refractivity contribution in [1.82, 2.24) is 34.3 Å². The molecule has 148 valence electrons. The number of amides is 1. The highest BCUT2D eigenvalue weighted by Gasteiger charge is 2.19. The fraction of sp³-hybridized carbons (Fsp3) is 0.250. The van der Waals surface area contributed by atoms with Crippen LogP contribution in [0.25, 0.3) is 17.0 Å². The number of nitrogens with zero attached hydrogens (tertiary/aromatic N) is 7. The maximum Gasteiger partial charge on any atom is 0.272 e. The summed E-state index contributed by atoms with van der Waals surface area (Å²) in [6, 6.07) is 7.59. The zero-order valence-corrected chi connectivity index (χ0v) is 16.2. The third-order valence-electron chi connectivity index (χ3n) is 4.52. The molecular weight excluding hydrogens is 373 g/mol. The first kappa shape index (κ1) is 18.7. The molecule has 8 nitrogen and oxygen atoms in total. The molecule has 1 aromatic carbocycles. The van der Waals surface area contributed by atoms with Crippen LogP contribution < -0.4 is 0 Å². The van der Waals surface area contributed by atoms with E-state index in [-0.39, 0.29) is 11.7 Å². The summed E-state index contributed by atoms with van der Waals surface area (Å²) in [6.07, 6.45) is 6.04. The van der Waals surface area contributed by atoms with Crippen LogP contribution >= 0.6 is 0 Å². The summed E-state index contributed by atoms with van der Waals surface area (Å²) < 4.78 is 16.5. The number of benzene rings is 1. The average Bonchev–Trinajstić information content (AvgIpc) is 3.36. The van der Waals surface area contributed by atoms with Gasteiger partial charge in [0.2, 0.25) is 0 Å². The third-order valence-corrected chi connectivity index (χ3v) is 4.52. The monoisotopic (exact) mass is 393 g/mol. The van der Waals surface area contributed by atoms with Gasteiger partial charge in [0, 0.05) is 37.5 Å². The normalized spacial score (nSPS) is 11.1. The van der Waals surface area contributed by atoms with Crippen LogP contribution in [0.3, 0.4) is 0 Å². The molecule has 0 aliphatic rings. The number of hydrogen-bond donors (Lipinski definition) is 0. The Labute approximate surface area is 166 Å². The van der Waals surface area contributed by atoms with Crippen molar-refractivity contribution in [2.45, 2.75) is 26.4 Å². The molecule has 0 N–H and O–H groups in total. The lowest BCUT2D eigenvalue weighted by Crippen LogP contribution is -2.28. The SMILES string of the molecule is CCCn1cc(CN(C)C(=O)c2cc(-c3ccc(F)cc3)nc3ncnn23)cn1. The van der Waals surface area contributed by atoms with Gasteiger partial charge in [-0.1, -0.05) is 6.92 Å². The second kappa shape index (κ2) is 7.78. The van der Waals surface area contributed by atoms with Gasteiger partial charge in [0.15, 0.2) is 0 Å². The van der Waals surface area contributed by atoms with Crippen LogP contribution in [0.2, 0.25) is 0 Å². The number of rotatable bonds is 6. The molecule has 0 aliphatic heterocycles. The van der Waals surface area contributed by atoms with E-state index in [1.54, 1.807) is 36.3 Å². The van der Waals surface area contributed by atoms with Crippen molar-refractivity contribution < 1.29 is 9.18 Å². The van der Waals surface area contributed by atoms with E-state index in [0.29, 0.717) is 29.3 Å². The standard InChI is InChI=1S/C20H20FN7O/c1-3-8-27-12-14(10-23-27)11-26(2)19(29)18-9-17(15-4-6-16(21)7-5-15)25-20-22-13-24-28(18)20/h4-7,9-10,12-13H,3,8,11H2,1-2H3. The maximum atomic E-state index is 13.3.